The first-order chi connectivity index (χ1) is 11.2. The largest absolute Gasteiger partial charge is 0.369 e. The van der Waals surface area contributed by atoms with Gasteiger partial charge in [-0.3, -0.25) is 9.79 Å². The minimum absolute atomic E-state index is 0.0393. The second kappa shape index (κ2) is 9.75. The van der Waals surface area contributed by atoms with Gasteiger partial charge in [0.25, 0.3) is 0 Å². The second-order valence-corrected chi connectivity index (χ2v) is 6.87. The standard InChI is InChI=1S/C17H33N5O/c1-19-17(21-15-8-3-2-4-9-15)20-10-6-12-22-11-5-7-14(13-22)16(18)23/h14-15H,2-13H2,1H3,(H2,18,23)(H2,19,20,21). The van der Waals surface area contributed by atoms with Crippen molar-refractivity contribution in [3.05, 3.63) is 0 Å². The summed E-state index contributed by atoms with van der Waals surface area (Å²) in [6.07, 6.45) is 9.60. The molecule has 0 spiro atoms. The number of guanidine groups is 1. The number of nitrogens with zero attached hydrogens (tertiary/aromatic N) is 2. The highest BCUT2D eigenvalue weighted by atomic mass is 16.1. The summed E-state index contributed by atoms with van der Waals surface area (Å²) in [5.41, 5.74) is 5.43. The van der Waals surface area contributed by atoms with Crippen molar-refractivity contribution >= 4 is 11.9 Å². The predicted octanol–water partition coefficient (Wildman–Crippen LogP) is 1.07. The number of nitrogens with one attached hydrogen (secondary N) is 2. The Morgan fingerprint density at radius 3 is 2.70 bits per heavy atom. The molecule has 1 heterocycles. The third-order valence-corrected chi connectivity index (χ3v) is 5.02. The van der Waals surface area contributed by atoms with Crippen LogP contribution in [0.2, 0.25) is 0 Å². The first-order valence-electron chi connectivity index (χ1n) is 9.18. The average molecular weight is 323 g/mol. The van der Waals surface area contributed by atoms with Gasteiger partial charge in [-0.1, -0.05) is 19.3 Å². The summed E-state index contributed by atoms with van der Waals surface area (Å²) in [6, 6.07) is 0.577. The monoisotopic (exact) mass is 323 g/mol. The number of carbonyl (C=O) groups excluding carboxylic acids is 1. The lowest BCUT2D eigenvalue weighted by atomic mass is 9.96. The number of carbonyl (C=O) groups is 1. The minimum Gasteiger partial charge on any atom is -0.369 e. The quantitative estimate of drug-likeness (QED) is 0.388. The molecule has 4 N–H and O–H groups in total. The van der Waals surface area contributed by atoms with Crippen molar-refractivity contribution in [2.24, 2.45) is 16.6 Å². The van der Waals surface area contributed by atoms with Crippen molar-refractivity contribution in [1.82, 2.24) is 15.5 Å². The number of hydrogen-bond acceptors (Lipinski definition) is 3. The molecule has 1 saturated carbocycles. The van der Waals surface area contributed by atoms with Crippen LogP contribution in [0.4, 0.5) is 0 Å². The Labute approximate surface area is 140 Å². The van der Waals surface area contributed by atoms with Crippen LogP contribution in [-0.4, -0.2) is 56.0 Å². The maximum Gasteiger partial charge on any atom is 0.221 e. The summed E-state index contributed by atoms with van der Waals surface area (Å²) in [6.45, 7) is 3.82. The van der Waals surface area contributed by atoms with Gasteiger partial charge in [0.15, 0.2) is 5.96 Å². The summed E-state index contributed by atoms with van der Waals surface area (Å²) in [5.74, 6) is 0.813. The fourth-order valence-electron chi connectivity index (χ4n) is 3.64. The van der Waals surface area contributed by atoms with E-state index in [2.05, 4.69) is 20.5 Å². The van der Waals surface area contributed by atoms with Crippen LogP contribution in [-0.2, 0) is 4.79 Å². The molecule has 6 nitrogen and oxygen atoms in total. The van der Waals surface area contributed by atoms with Gasteiger partial charge in [-0.2, -0.15) is 0 Å². The van der Waals surface area contributed by atoms with Gasteiger partial charge in [0.05, 0.1) is 5.92 Å². The fourth-order valence-corrected chi connectivity index (χ4v) is 3.64. The molecule has 1 unspecified atom stereocenters. The average Bonchev–Trinajstić information content (AvgIpc) is 2.58. The zero-order valence-corrected chi connectivity index (χ0v) is 14.5. The Morgan fingerprint density at radius 1 is 1.22 bits per heavy atom. The van der Waals surface area contributed by atoms with E-state index in [0.29, 0.717) is 6.04 Å². The van der Waals surface area contributed by atoms with Crippen LogP contribution in [0.5, 0.6) is 0 Å². The molecule has 1 saturated heterocycles. The lowest BCUT2D eigenvalue weighted by Crippen LogP contribution is -2.45. The topological polar surface area (TPSA) is 82.8 Å². The highest BCUT2D eigenvalue weighted by Gasteiger charge is 2.23. The highest BCUT2D eigenvalue weighted by Crippen LogP contribution is 2.17. The summed E-state index contributed by atoms with van der Waals surface area (Å²) < 4.78 is 0. The summed E-state index contributed by atoms with van der Waals surface area (Å²) in [4.78, 5) is 18.0. The molecule has 1 aliphatic carbocycles. The van der Waals surface area contributed by atoms with Crippen molar-refractivity contribution < 1.29 is 4.79 Å². The van der Waals surface area contributed by atoms with Crippen molar-refractivity contribution in [2.75, 3.05) is 33.2 Å². The third kappa shape index (κ3) is 6.37. The second-order valence-electron chi connectivity index (χ2n) is 6.87. The molecule has 6 heteroatoms. The van der Waals surface area contributed by atoms with Gasteiger partial charge < -0.3 is 21.3 Å². The molecule has 0 aromatic rings. The zero-order valence-electron chi connectivity index (χ0n) is 14.5. The Hall–Kier alpha value is -1.30. The van der Waals surface area contributed by atoms with E-state index < -0.39 is 0 Å². The van der Waals surface area contributed by atoms with Gasteiger partial charge in [0, 0.05) is 26.2 Å². The number of primary amides is 1. The van der Waals surface area contributed by atoms with Crippen molar-refractivity contribution in [3.8, 4) is 0 Å². The van der Waals surface area contributed by atoms with Crippen LogP contribution in [0, 0.1) is 5.92 Å². The normalized spacial score (nSPS) is 24.4. The summed E-state index contributed by atoms with van der Waals surface area (Å²) >= 11 is 0. The minimum atomic E-state index is -0.148. The molecule has 1 amide bonds. The number of nitrogens with two attached hydrogens (primary N) is 1. The number of aliphatic imine (C=N–C) groups is 1. The molecule has 2 rings (SSSR count). The number of amides is 1. The summed E-state index contributed by atoms with van der Waals surface area (Å²) in [5, 5.41) is 6.94. The lowest BCUT2D eigenvalue weighted by Gasteiger charge is -2.31. The van der Waals surface area contributed by atoms with E-state index in [1.807, 2.05) is 7.05 Å². The van der Waals surface area contributed by atoms with Crippen LogP contribution in [0.1, 0.15) is 51.4 Å². The molecule has 0 aromatic heterocycles. The van der Waals surface area contributed by atoms with E-state index in [1.165, 1.54) is 32.1 Å². The summed E-state index contributed by atoms with van der Waals surface area (Å²) in [7, 11) is 1.83. The molecule has 1 atom stereocenters. The van der Waals surface area contributed by atoms with Gasteiger partial charge >= 0.3 is 0 Å². The van der Waals surface area contributed by atoms with Gasteiger partial charge in [-0.15, -0.1) is 0 Å². The molecule has 1 aliphatic heterocycles. The van der Waals surface area contributed by atoms with E-state index in [1.54, 1.807) is 0 Å². The van der Waals surface area contributed by atoms with E-state index in [0.717, 1.165) is 51.4 Å². The lowest BCUT2D eigenvalue weighted by molar-refractivity contribution is -0.123. The fraction of sp³-hybridized carbons (Fsp3) is 0.882. The maximum atomic E-state index is 11.3. The molecule has 23 heavy (non-hydrogen) atoms. The number of rotatable bonds is 6. The molecule has 0 radical (unpaired) electrons. The number of likely N-dealkylation sites (tertiary alicyclic amines) is 1. The van der Waals surface area contributed by atoms with E-state index in [9.17, 15) is 4.79 Å². The molecule has 2 aliphatic rings. The molecule has 132 valence electrons. The van der Waals surface area contributed by atoms with E-state index in [4.69, 9.17) is 5.73 Å². The molecular formula is C17H33N5O. The Balaban J connectivity index is 1.60. The van der Waals surface area contributed by atoms with Gasteiger partial charge in [0.1, 0.15) is 0 Å². The number of hydrogen-bond donors (Lipinski definition) is 3. The number of piperidine rings is 1. The van der Waals surface area contributed by atoms with Crippen molar-refractivity contribution in [2.45, 2.75) is 57.4 Å². The molecule has 0 bridgehead atoms. The first kappa shape index (κ1) is 18.0. The van der Waals surface area contributed by atoms with Gasteiger partial charge in [0.2, 0.25) is 5.91 Å². The zero-order chi connectivity index (χ0) is 16.5. The Morgan fingerprint density at radius 2 is 2.00 bits per heavy atom. The van der Waals surface area contributed by atoms with Crippen molar-refractivity contribution in [3.63, 3.8) is 0 Å². The predicted molar refractivity (Wildman–Crippen MR) is 94.3 cm³/mol. The van der Waals surface area contributed by atoms with E-state index >= 15 is 0 Å². The molecule has 0 aromatic carbocycles. The van der Waals surface area contributed by atoms with Crippen LogP contribution in [0.25, 0.3) is 0 Å². The molecular weight excluding hydrogens is 290 g/mol. The SMILES string of the molecule is CN=C(NCCCN1CCCC(C(N)=O)C1)NC1CCCCC1. The van der Waals surface area contributed by atoms with Crippen LogP contribution in [0.3, 0.4) is 0 Å². The Bertz CT molecular complexity index is 392. The van der Waals surface area contributed by atoms with E-state index in [-0.39, 0.29) is 11.8 Å². The van der Waals surface area contributed by atoms with Gasteiger partial charge in [-0.05, 0) is 45.2 Å². The van der Waals surface area contributed by atoms with Gasteiger partial charge in [-0.25, -0.2) is 0 Å². The van der Waals surface area contributed by atoms with Crippen molar-refractivity contribution in [1.29, 1.82) is 0 Å². The first-order valence-corrected chi connectivity index (χ1v) is 9.18. The highest BCUT2D eigenvalue weighted by molar-refractivity contribution is 5.79. The van der Waals surface area contributed by atoms with Crippen LogP contribution >= 0.6 is 0 Å². The molecule has 2 fully saturated rings. The third-order valence-electron chi connectivity index (χ3n) is 5.02. The van der Waals surface area contributed by atoms with Crippen LogP contribution in [0.15, 0.2) is 4.99 Å². The Kier molecular flexibility index (Phi) is 7.65. The maximum absolute atomic E-state index is 11.3. The smallest absolute Gasteiger partial charge is 0.221 e. The van der Waals surface area contributed by atoms with Crippen LogP contribution < -0.4 is 16.4 Å².